The van der Waals surface area contributed by atoms with Gasteiger partial charge in [0.25, 0.3) is 0 Å². The second kappa shape index (κ2) is 14.5. The number of unbranched alkanes of at least 4 members (excludes halogenated alkanes) is 5. The number of benzene rings is 2. The monoisotopic (exact) mass is 467 g/mol. The summed E-state index contributed by atoms with van der Waals surface area (Å²) in [5.41, 5.74) is 1.26. The fraction of sp³-hybridized carbons (Fsp3) is 0.600. The molecule has 188 valence electrons. The number of hydrogen-bond donors (Lipinski definition) is 1. The Balaban J connectivity index is 1.88. The van der Waals surface area contributed by atoms with Crippen molar-refractivity contribution in [1.82, 2.24) is 4.90 Å². The Morgan fingerprint density at radius 3 is 2.24 bits per heavy atom. The second-order valence-electron chi connectivity index (χ2n) is 9.69. The molecule has 0 amide bonds. The number of morpholine rings is 1. The van der Waals surface area contributed by atoms with Gasteiger partial charge in [-0.2, -0.15) is 0 Å². The molecule has 4 heteroatoms. The zero-order chi connectivity index (χ0) is 24.1. The van der Waals surface area contributed by atoms with Crippen LogP contribution in [0.15, 0.2) is 54.6 Å². The predicted octanol–water partition coefficient (Wildman–Crippen LogP) is 6.53. The number of aliphatic hydroxyl groups is 1. The molecule has 4 nitrogen and oxygen atoms in total. The molecule has 2 aromatic carbocycles. The highest BCUT2D eigenvalue weighted by Crippen LogP contribution is 2.42. The van der Waals surface area contributed by atoms with E-state index >= 15 is 0 Å². The molecule has 3 rings (SSSR count). The normalized spacial score (nSPS) is 17.3. The lowest BCUT2D eigenvalue weighted by molar-refractivity contribution is -0.0296. The van der Waals surface area contributed by atoms with Gasteiger partial charge in [0.05, 0.1) is 25.4 Å². The lowest BCUT2D eigenvalue weighted by Gasteiger charge is -2.41. The van der Waals surface area contributed by atoms with Crippen molar-refractivity contribution in [3.05, 3.63) is 65.7 Å². The Morgan fingerprint density at radius 1 is 0.882 bits per heavy atom. The van der Waals surface area contributed by atoms with Crippen molar-refractivity contribution in [1.29, 1.82) is 0 Å². The van der Waals surface area contributed by atoms with Gasteiger partial charge in [-0.05, 0) is 36.1 Å². The second-order valence-corrected chi connectivity index (χ2v) is 9.69. The molecule has 0 radical (unpaired) electrons. The molecule has 1 aliphatic heterocycles. The Kier molecular flexibility index (Phi) is 11.4. The minimum atomic E-state index is -0.937. The van der Waals surface area contributed by atoms with Crippen LogP contribution in [0.2, 0.25) is 0 Å². The largest absolute Gasteiger partial charge is 0.494 e. The maximum atomic E-state index is 12.5. The standard InChI is InChI=1S/C30H45NO3/c1-3-5-7-8-12-19-30(32,27-15-17-28(18-16-27)34-22-6-4-2)29(26-13-10-9-11-14-26)25-31-20-23-33-24-21-31/h9-11,13-18,29,32H,3-8,12,19-25H2,1-2H3. The zero-order valence-corrected chi connectivity index (χ0v) is 21.4. The fourth-order valence-electron chi connectivity index (χ4n) is 4.95. The van der Waals surface area contributed by atoms with Gasteiger partial charge in [-0.1, -0.05) is 94.8 Å². The van der Waals surface area contributed by atoms with E-state index in [4.69, 9.17) is 9.47 Å². The van der Waals surface area contributed by atoms with Crippen molar-refractivity contribution in [3.8, 4) is 5.75 Å². The topological polar surface area (TPSA) is 41.9 Å². The van der Waals surface area contributed by atoms with E-state index in [-0.39, 0.29) is 5.92 Å². The molecule has 0 aliphatic carbocycles. The van der Waals surface area contributed by atoms with Gasteiger partial charge in [-0.25, -0.2) is 0 Å². The molecular formula is C30H45NO3. The van der Waals surface area contributed by atoms with Crippen LogP contribution in [0.25, 0.3) is 0 Å². The first kappa shape index (κ1) is 26.7. The minimum absolute atomic E-state index is 0.00941. The van der Waals surface area contributed by atoms with E-state index in [1.165, 1.54) is 24.8 Å². The molecule has 0 bridgehead atoms. The highest BCUT2D eigenvalue weighted by molar-refractivity contribution is 5.35. The third-order valence-corrected chi connectivity index (χ3v) is 7.11. The molecule has 1 saturated heterocycles. The zero-order valence-electron chi connectivity index (χ0n) is 21.4. The van der Waals surface area contributed by atoms with Crippen LogP contribution in [0.4, 0.5) is 0 Å². The average molecular weight is 468 g/mol. The van der Waals surface area contributed by atoms with Gasteiger partial charge in [0.15, 0.2) is 0 Å². The lowest BCUT2D eigenvalue weighted by atomic mass is 9.73. The van der Waals surface area contributed by atoms with Gasteiger partial charge in [0.1, 0.15) is 5.75 Å². The van der Waals surface area contributed by atoms with Crippen LogP contribution in [0.3, 0.4) is 0 Å². The molecule has 1 N–H and O–H groups in total. The van der Waals surface area contributed by atoms with Gasteiger partial charge in [0, 0.05) is 25.6 Å². The molecule has 0 spiro atoms. The molecule has 2 atom stereocenters. The van der Waals surface area contributed by atoms with E-state index in [0.717, 1.165) is 82.9 Å². The Hall–Kier alpha value is -1.88. The number of rotatable bonds is 15. The maximum Gasteiger partial charge on any atom is 0.119 e. The van der Waals surface area contributed by atoms with Crippen molar-refractivity contribution < 1.29 is 14.6 Å². The molecule has 34 heavy (non-hydrogen) atoms. The Morgan fingerprint density at radius 2 is 1.56 bits per heavy atom. The third kappa shape index (κ3) is 7.83. The van der Waals surface area contributed by atoms with Crippen LogP contribution in [0.1, 0.15) is 82.3 Å². The van der Waals surface area contributed by atoms with E-state index in [1.54, 1.807) is 0 Å². The molecule has 2 unspecified atom stereocenters. The van der Waals surface area contributed by atoms with E-state index in [9.17, 15) is 5.11 Å². The minimum Gasteiger partial charge on any atom is -0.494 e. The van der Waals surface area contributed by atoms with Crippen LogP contribution in [0, 0.1) is 0 Å². The van der Waals surface area contributed by atoms with Gasteiger partial charge in [0.2, 0.25) is 0 Å². The van der Waals surface area contributed by atoms with Crippen LogP contribution < -0.4 is 4.74 Å². The first-order valence-corrected chi connectivity index (χ1v) is 13.5. The summed E-state index contributed by atoms with van der Waals surface area (Å²) in [7, 11) is 0. The summed E-state index contributed by atoms with van der Waals surface area (Å²) in [4.78, 5) is 2.45. The highest BCUT2D eigenvalue weighted by Gasteiger charge is 2.40. The van der Waals surface area contributed by atoms with Crippen LogP contribution in [0.5, 0.6) is 5.75 Å². The van der Waals surface area contributed by atoms with E-state index in [1.807, 2.05) is 12.1 Å². The van der Waals surface area contributed by atoms with Crippen molar-refractivity contribution in [2.45, 2.75) is 76.7 Å². The molecule has 2 aromatic rings. The molecule has 1 aliphatic rings. The Labute approximate surface area is 207 Å². The number of hydrogen-bond acceptors (Lipinski definition) is 4. The van der Waals surface area contributed by atoms with Gasteiger partial charge >= 0.3 is 0 Å². The van der Waals surface area contributed by atoms with Crippen molar-refractivity contribution in [2.75, 3.05) is 39.5 Å². The summed E-state index contributed by atoms with van der Waals surface area (Å²) < 4.78 is 11.5. The first-order chi connectivity index (χ1) is 16.7. The summed E-state index contributed by atoms with van der Waals surface area (Å²) in [6.45, 7) is 9.34. The number of ether oxygens (including phenoxy) is 2. The average Bonchev–Trinajstić information content (AvgIpc) is 2.89. The van der Waals surface area contributed by atoms with Crippen LogP contribution >= 0.6 is 0 Å². The highest BCUT2D eigenvalue weighted by atomic mass is 16.5. The smallest absolute Gasteiger partial charge is 0.119 e. The lowest BCUT2D eigenvalue weighted by Crippen LogP contribution is -2.45. The quantitative estimate of drug-likeness (QED) is 0.302. The Bertz CT molecular complexity index is 788. The van der Waals surface area contributed by atoms with Gasteiger partial charge in [-0.15, -0.1) is 0 Å². The van der Waals surface area contributed by atoms with Gasteiger partial charge < -0.3 is 14.6 Å². The number of nitrogens with zero attached hydrogens (tertiary/aromatic N) is 1. The third-order valence-electron chi connectivity index (χ3n) is 7.11. The van der Waals surface area contributed by atoms with Gasteiger partial charge in [-0.3, -0.25) is 4.90 Å². The predicted molar refractivity (Wildman–Crippen MR) is 141 cm³/mol. The molecule has 0 saturated carbocycles. The van der Waals surface area contributed by atoms with E-state index in [0.29, 0.717) is 0 Å². The summed E-state index contributed by atoms with van der Waals surface area (Å²) >= 11 is 0. The van der Waals surface area contributed by atoms with E-state index in [2.05, 4.69) is 61.2 Å². The van der Waals surface area contributed by atoms with Crippen LogP contribution in [-0.2, 0) is 10.3 Å². The summed E-state index contributed by atoms with van der Waals surface area (Å²) in [5.74, 6) is 0.872. The maximum absolute atomic E-state index is 12.5. The van der Waals surface area contributed by atoms with Crippen molar-refractivity contribution in [3.63, 3.8) is 0 Å². The molecule has 0 aromatic heterocycles. The fourth-order valence-corrected chi connectivity index (χ4v) is 4.95. The van der Waals surface area contributed by atoms with Crippen molar-refractivity contribution >= 4 is 0 Å². The first-order valence-electron chi connectivity index (χ1n) is 13.5. The summed E-state index contributed by atoms with van der Waals surface area (Å²) in [6.07, 6.45) is 8.85. The van der Waals surface area contributed by atoms with E-state index < -0.39 is 5.60 Å². The van der Waals surface area contributed by atoms with Crippen molar-refractivity contribution in [2.24, 2.45) is 0 Å². The SMILES string of the molecule is CCCCCCCC(O)(c1ccc(OCCCC)cc1)C(CN1CCOCC1)c1ccccc1. The molecule has 1 heterocycles. The summed E-state index contributed by atoms with van der Waals surface area (Å²) in [6, 6.07) is 18.8. The molecular weight excluding hydrogens is 422 g/mol. The summed E-state index contributed by atoms with van der Waals surface area (Å²) in [5, 5.41) is 12.5. The van der Waals surface area contributed by atoms with Crippen LogP contribution in [-0.4, -0.2) is 49.5 Å². The molecule has 1 fully saturated rings.